The third kappa shape index (κ3) is 1.50. The minimum absolute atomic E-state index is 0.315. The lowest BCUT2D eigenvalue weighted by Gasteiger charge is -2.19. The van der Waals surface area contributed by atoms with Crippen LogP contribution in [-0.4, -0.2) is 26.6 Å². The third-order valence-corrected chi connectivity index (χ3v) is 5.53. The topological polar surface area (TPSA) is 79.8 Å². The molecule has 1 aliphatic heterocycles. The number of para-hydroxylation sites is 1. The Balaban J connectivity index is 1.90. The average Bonchev–Trinajstić information content (AvgIpc) is 3.27. The van der Waals surface area contributed by atoms with Crippen molar-refractivity contribution >= 4 is 33.6 Å². The molecule has 0 fully saturated rings. The molecule has 2 amide bonds. The van der Waals surface area contributed by atoms with Crippen LogP contribution in [0.2, 0.25) is 0 Å². The van der Waals surface area contributed by atoms with Crippen LogP contribution >= 0.6 is 0 Å². The zero-order valence-electron chi connectivity index (χ0n) is 14.0. The van der Waals surface area contributed by atoms with Gasteiger partial charge >= 0.3 is 0 Å². The zero-order valence-corrected chi connectivity index (χ0v) is 14.0. The highest BCUT2D eigenvalue weighted by Gasteiger charge is 2.38. The fourth-order valence-corrected chi connectivity index (χ4v) is 4.55. The highest BCUT2D eigenvalue weighted by molar-refractivity contribution is 6.33. The monoisotopic (exact) mass is 342 g/mol. The molecule has 0 saturated heterocycles. The van der Waals surface area contributed by atoms with Gasteiger partial charge in [-0.15, -0.1) is 0 Å². The first kappa shape index (κ1) is 13.8. The SMILES string of the molecule is Cn1cc2c(n1)CCc1c-2c2c(c3c1[nH]c1ccccc13)C(=O)NC2=O. The van der Waals surface area contributed by atoms with Gasteiger partial charge in [0.15, 0.2) is 0 Å². The van der Waals surface area contributed by atoms with Crippen LogP contribution in [0.4, 0.5) is 0 Å². The number of hydrogen-bond donors (Lipinski definition) is 2. The third-order valence-electron chi connectivity index (χ3n) is 5.53. The molecular weight excluding hydrogens is 328 g/mol. The minimum Gasteiger partial charge on any atom is -0.354 e. The molecule has 4 aromatic rings. The number of amides is 2. The van der Waals surface area contributed by atoms with Gasteiger partial charge in [0, 0.05) is 40.7 Å². The van der Waals surface area contributed by atoms with E-state index in [4.69, 9.17) is 0 Å². The van der Waals surface area contributed by atoms with Gasteiger partial charge in [-0.3, -0.25) is 19.6 Å². The van der Waals surface area contributed by atoms with Gasteiger partial charge < -0.3 is 4.98 Å². The van der Waals surface area contributed by atoms with Gasteiger partial charge in [0.25, 0.3) is 11.8 Å². The normalized spacial score (nSPS) is 15.3. The number of rotatable bonds is 0. The van der Waals surface area contributed by atoms with Crippen molar-refractivity contribution in [2.75, 3.05) is 0 Å². The summed E-state index contributed by atoms with van der Waals surface area (Å²) >= 11 is 0. The Morgan fingerprint density at radius 1 is 1.04 bits per heavy atom. The van der Waals surface area contributed by atoms with E-state index in [1.807, 2.05) is 37.5 Å². The molecular formula is C20H14N4O2. The highest BCUT2D eigenvalue weighted by Crippen LogP contribution is 2.45. The molecule has 0 spiro atoms. The summed E-state index contributed by atoms with van der Waals surface area (Å²) in [5.74, 6) is -0.635. The maximum atomic E-state index is 12.7. The fourth-order valence-electron chi connectivity index (χ4n) is 4.55. The van der Waals surface area contributed by atoms with Crippen molar-refractivity contribution in [3.05, 3.63) is 52.8 Å². The van der Waals surface area contributed by atoms with Crippen LogP contribution in [-0.2, 0) is 19.9 Å². The molecule has 6 nitrogen and oxygen atoms in total. The maximum absolute atomic E-state index is 12.7. The van der Waals surface area contributed by atoms with E-state index in [9.17, 15) is 9.59 Å². The molecule has 6 rings (SSSR count). The molecule has 1 aliphatic carbocycles. The Hall–Kier alpha value is -3.41. The molecule has 3 heterocycles. The number of aromatic nitrogens is 3. The maximum Gasteiger partial charge on any atom is 0.259 e. The van der Waals surface area contributed by atoms with Crippen LogP contribution in [0.15, 0.2) is 30.5 Å². The molecule has 0 atom stereocenters. The van der Waals surface area contributed by atoms with Crippen LogP contribution in [0.1, 0.15) is 32.0 Å². The van der Waals surface area contributed by atoms with E-state index in [1.165, 1.54) is 0 Å². The molecule has 126 valence electrons. The molecule has 0 unspecified atom stereocenters. The van der Waals surface area contributed by atoms with E-state index in [2.05, 4.69) is 15.4 Å². The number of imide groups is 1. The number of H-pyrrole nitrogens is 1. The van der Waals surface area contributed by atoms with Crippen molar-refractivity contribution in [2.45, 2.75) is 12.8 Å². The van der Waals surface area contributed by atoms with Crippen LogP contribution < -0.4 is 5.32 Å². The number of carbonyl (C=O) groups is 2. The second kappa shape index (κ2) is 4.40. The zero-order chi connectivity index (χ0) is 17.6. The van der Waals surface area contributed by atoms with Crippen molar-refractivity contribution in [1.29, 1.82) is 0 Å². The van der Waals surface area contributed by atoms with E-state index < -0.39 is 0 Å². The molecule has 0 bridgehead atoms. The number of fused-ring (bicyclic) bond motifs is 10. The Bertz CT molecular complexity index is 1310. The van der Waals surface area contributed by atoms with Crippen molar-refractivity contribution in [3.8, 4) is 11.1 Å². The quantitative estimate of drug-likeness (QED) is 0.482. The standard InChI is InChI=1S/C20H14N4O2/c1-24-8-11-13(23-24)7-6-10-14(11)16-17(20(26)22-19(16)25)15-9-4-2-3-5-12(9)21-18(10)15/h2-5,8,21H,6-7H2,1H3,(H,22,25,26). The minimum atomic E-state index is -0.321. The van der Waals surface area contributed by atoms with E-state index >= 15 is 0 Å². The summed E-state index contributed by atoms with van der Waals surface area (Å²) in [5, 5.41) is 8.86. The second-order valence-corrected chi connectivity index (χ2v) is 6.97. The van der Waals surface area contributed by atoms with Crippen LogP contribution in [0.5, 0.6) is 0 Å². The molecule has 2 aromatic carbocycles. The molecule has 2 aliphatic rings. The van der Waals surface area contributed by atoms with Gasteiger partial charge in [0.2, 0.25) is 0 Å². The number of carbonyl (C=O) groups excluding carboxylic acids is 2. The van der Waals surface area contributed by atoms with Gasteiger partial charge in [-0.25, -0.2) is 0 Å². The summed E-state index contributed by atoms with van der Waals surface area (Å²) in [6, 6.07) is 7.92. The summed E-state index contributed by atoms with van der Waals surface area (Å²) in [7, 11) is 1.88. The van der Waals surface area contributed by atoms with E-state index in [0.29, 0.717) is 11.1 Å². The Kier molecular flexibility index (Phi) is 2.34. The number of aryl methyl sites for hydroxylation is 3. The van der Waals surface area contributed by atoms with E-state index in [1.54, 1.807) is 4.68 Å². The summed E-state index contributed by atoms with van der Waals surface area (Å²) in [4.78, 5) is 28.9. The van der Waals surface area contributed by atoms with Crippen LogP contribution in [0.3, 0.4) is 0 Å². The number of hydrogen-bond acceptors (Lipinski definition) is 3. The molecule has 0 radical (unpaired) electrons. The lowest BCUT2D eigenvalue weighted by atomic mass is 9.82. The lowest BCUT2D eigenvalue weighted by Crippen LogP contribution is -2.20. The summed E-state index contributed by atoms with van der Waals surface area (Å²) in [5.41, 5.74) is 6.80. The molecule has 2 aromatic heterocycles. The first-order valence-corrected chi connectivity index (χ1v) is 8.61. The van der Waals surface area contributed by atoms with Gasteiger partial charge in [0.05, 0.1) is 22.3 Å². The largest absolute Gasteiger partial charge is 0.354 e. The van der Waals surface area contributed by atoms with Crippen molar-refractivity contribution in [1.82, 2.24) is 20.1 Å². The van der Waals surface area contributed by atoms with Crippen molar-refractivity contribution < 1.29 is 9.59 Å². The number of nitrogens with one attached hydrogen (secondary N) is 2. The van der Waals surface area contributed by atoms with Gasteiger partial charge in [-0.1, -0.05) is 18.2 Å². The summed E-state index contributed by atoms with van der Waals surface area (Å²) in [6.45, 7) is 0. The van der Waals surface area contributed by atoms with Gasteiger partial charge in [-0.05, 0) is 24.5 Å². The number of benzene rings is 2. The highest BCUT2D eigenvalue weighted by atomic mass is 16.2. The summed E-state index contributed by atoms with van der Waals surface area (Å²) in [6.07, 6.45) is 3.55. The average molecular weight is 342 g/mol. The summed E-state index contributed by atoms with van der Waals surface area (Å²) < 4.78 is 1.77. The Morgan fingerprint density at radius 2 is 1.85 bits per heavy atom. The first-order valence-electron chi connectivity index (χ1n) is 8.61. The van der Waals surface area contributed by atoms with Crippen LogP contribution in [0, 0.1) is 0 Å². The molecule has 2 N–H and O–H groups in total. The Morgan fingerprint density at radius 3 is 2.73 bits per heavy atom. The number of nitrogens with zero attached hydrogens (tertiary/aromatic N) is 2. The fraction of sp³-hybridized carbons (Fsp3) is 0.150. The van der Waals surface area contributed by atoms with Crippen molar-refractivity contribution in [3.63, 3.8) is 0 Å². The molecule has 26 heavy (non-hydrogen) atoms. The predicted molar refractivity (Wildman–Crippen MR) is 97.2 cm³/mol. The predicted octanol–water partition coefficient (Wildman–Crippen LogP) is 2.70. The van der Waals surface area contributed by atoms with E-state index in [-0.39, 0.29) is 11.8 Å². The first-order chi connectivity index (χ1) is 12.6. The van der Waals surface area contributed by atoms with E-state index in [0.717, 1.165) is 57.0 Å². The molecule has 6 heteroatoms. The number of aromatic amines is 1. The van der Waals surface area contributed by atoms with Crippen molar-refractivity contribution in [2.24, 2.45) is 7.05 Å². The van der Waals surface area contributed by atoms with Gasteiger partial charge in [-0.2, -0.15) is 5.10 Å². The Labute approximate surface area is 147 Å². The van der Waals surface area contributed by atoms with Crippen LogP contribution in [0.25, 0.3) is 32.9 Å². The second-order valence-electron chi connectivity index (χ2n) is 6.97. The van der Waals surface area contributed by atoms with Gasteiger partial charge in [0.1, 0.15) is 0 Å². The smallest absolute Gasteiger partial charge is 0.259 e. The molecule has 0 saturated carbocycles. The lowest BCUT2D eigenvalue weighted by molar-refractivity contribution is 0.0880.